The van der Waals surface area contributed by atoms with Gasteiger partial charge in [0.05, 0.1) is 18.8 Å². The van der Waals surface area contributed by atoms with Gasteiger partial charge in [0.2, 0.25) is 5.91 Å². The van der Waals surface area contributed by atoms with E-state index in [0.29, 0.717) is 0 Å². The zero-order chi connectivity index (χ0) is 18.5. The van der Waals surface area contributed by atoms with E-state index in [9.17, 15) is 4.79 Å². The average molecular weight is 356 g/mol. The van der Waals surface area contributed by atoms with E-state index in [4.69, 9.17) is 4.42 Å². The Morgan fingerprint density at radius 3 is 2.44 bits per heavy atom. The molecule has 0 saturated carbocycles. The predicted octanol–water partition coefficient (Wildman–Crippen LogP) is 4.75. The van der Waals surface area contributed by atoms with Crippen molar-refractivity contribution in [3.63, 3.8) is 0 Å². The number of hydrogen-bond donors (Lipinski definition) is 2. The minimum absolute atomic E-state index is 0.0983. The molecule has 1 heterocycles. The Kier molecular flexibility index (Phi) is 4.99. The largest absolute Gasteiger partial charge is 0.467 e. The van der Waals surface area contributed by atoms with Crippen molar-refractivity contribution in [3.8, 4) is 0 Å². The summed E-state index contributed by atoms with van der Waals surface area (Å²) in [6.45, 7) is 0.170. The molecule has 0 bridgehead atoms. The lowest BCUT2D eigenvalue weighted by Crippen LogP contribution is -2.31. The number of amides is 1. The standard InChI is InChI=1S/C23H20N2O2/c26-22(25-20-13-6-11-17-8-4-5-12-19(17)20)16-24-23(21-14-7-15-27-21)18-9-2-1-3-10-18/h1-15,23-24H,16H2,(H,25,26)/t23-/m1/s1. The molecule has 134 valence electrons. The van der Waals surface area contributed by atoms with Crippen LogP contribution in [-0.2, 0) is 4.79 Å². The van der Waals surface area contributed by atoms with Crippen molar-refractivity contribution in [1.29, 1.82) is 0 Å². The molecule has 0 aliphatic rings. The molecule has 1 aromatic heterocycles. The quantitative estimate of drug-likeness (QED) is 0.524. The van der Waals surface area contributed by atoms with Crippen LogP contribution in [-0.4, -0.2) is 12.5 Å². The van der Waals surface area contributed by atoms with Crippen molar-refractivity contribution in [3.05, 3.63) is 103 Å². The molecular weight excluding hydrogens is 336 g/mol. The lowest BCUT2D eigenvalue weighted by atomic mass is 10.0. The molecule has 3 aromatic carbocycles. The van der Waals surface area contributed by atoms with Crippen molar-refractivity contribution in [2.75, 3.05) is 11.9 Å². The van der Waals surface area contributed by atoms with Gasteiger partial charge in [-0.1, -0.05) is 66.7 Å². The first-order valence-corrected chi connectivity index (χ1v) is 8.90. The maximum Gasteiger partial charge on any atom is 0.238 e. The van der Waals surface area contributed by atoms with Gasteiger partial charge < -0.3 is 9.73 Å². The van der Waals surface area contributed by atoms with Gasteiger partial charge >= 0.3 is 0 Å². The highest BCUT2D eigenvalue weighted by Gasteiger charge is 2.17. The number of benzene rings is 3. The first-order valence-electron chi connectivity index (χ1n) is 8.90. The molecule has 0 unspecified atom stereocenters. The summed E-state index contributed by atoms with van der Waals surface area (Å²) >= 11 is 0. The SMILES string of the molecule is O=C(CN[C@H](c1ccccc1)c1ccco1)Nc1cccc2ccccc12. The van der Waals surface area contributed by atoms with Crippen molar-refractivity contribution in [2.24, 2.45) is 0 Å². The van der Waals surface area contributed by atoms with Gasteiger partial charge in [-0.25, -0.2) is 0 Å². The zero-order valence-electron chi connectivity index (χ0n) is 14.8. The molecule has 0 fully saturated rings. The second kappa shape index (κ2) is 7.89. The van der Waals surface area contributed by atoms with E-state index >= 15 is 0 Å². The molecule has 1 atom stereocenters. The molecule has 0 radical (unpaired) electrons. The monoisotopic (exact) mass is 356 g/mol. The van der Waals surface area contributed by atoms with Gasteiger partial charge in [-0.3, -0.25) is 10.1 Å². The summed E-state index contributed by atoms with van der Waals surface area (Å²) in [5, 5.41) is 8.43. The molecule has 4 rings (SSSR count). The first kappa shape index (κ1) is 17.1. The van der Waals surface area contributed by atoms with Gasteiger partial charge in [-0.2, -0.15) is 0 Å². The second-order valence-corrected chi connectivity index (χ2v) is 6.31. The van der Waals surface area contributed by atoms with Crippen LogP contribution in [0.5, 0.6) is 0 Å². The Balaban J connectivity index is 1.48. The number of nitrogens with one attached hydrogen (secondary N) is 2. The van der Waals surface area contributed by atoms with Gasteiger partial charge in [0.1, 0.15) is 5.76 Å². The fraction of sp³-hybridized carbons (Fsp3) is 0.0870. The van der Waals surface area contributed by atoms with Gasteiger partial charge in [-0.15, -0.1) is 0 Å². The van der Waals surface area contributed by atoms with Crippen molar-refractivity contribution < 1.29 is 9.21 Å². The van der Waals surface area contributed by atoms with Crippen LogP contribution in [0.25, 0.3) is 10.8 Å². The van der Waals surface area contributed by atoms with Crippen LogP contribution in [0.3, 0.4) is 0 Å². The summed E-state index contributed by atoms with van der Waals surface area (Å²) < 4.78 is 5.56. The van der Waals surface area contributed by atoms with Gasteiger partial charge in [0, 0.05) is 11.1 Å². The number of rotatable bonds is 6. The molecule has 0 spiro atoms. The highest BCUT2D eigenvalue weighted by molar-refractivity contribution is 6.02. The number of fused-ring (bicyclic) bond motifs is 1. The number of furan rings is 1. The molecule has 4 aromatic rings. The lowest BCUT2D eigenvalue weighted by Gasteiger charge is -2.17. The Bertz CT molecular complexity index is 1020. The van der Waals surface area contributed by atoms with E-state index in [-0.39, 0.29) is 18.5 Å². The van der Waals surface area contributed by atoms with Crippen LogP contribution >= 0.6 is 0 Å². The molecule has 1 amide bonds. The molecule has 27 heavy (non-hydrogen) atoms. The van der Waals surface area contributed by atoms with Crippen LogP contribution in [0.2, 0.25) is 0 Å². The smallest absolute Gasteiger partial charge is 0.238 e. The third-order valence-electron chi connectivity index (χ3n) is 4.49. The lowest BCUT2D eigenvalue weighted by molar-refractivity contribution is -0.115. The van der Waals surface area contributed by atoms with Gasteiger partial charge in [0.15, 0.2) is 0 Å². The molecule has 0 aliphatic carbocycles. The first-order chi connectivity index (χ1) is 13.3. The van der Waals surface area contributed by atoms with Gasteiger partial charge in [-0.05, 0) is 29.1 Å². The Labute approximate surface area is 157 Å². The maximum atomic E-state index is 12.6. The summed E-state index contributed by atoms with van der Waals surface area (Å²) in [5.41, 5.74) is 1.86. The third kappa shape index (κ3) is 3.91. The Morgan fingerprint density at radius 2 is 1.63 bits per heavy atom. The van der Waals surface area contributed by atoms with E-state index in [0.717, 1.165) is 27.8 Å². The summed E-state index contributed by atoms with van der Waals surface area (Å²) in [6.07, 6.45) is 1.64. The normalized spacial score (nSPS) is 12.0. The molecule has 4 nitrogen and oxygen atoms in total. The van der Waals surface area contributed by atoms with E-state index in [1.807, 2.05) is 84.9 Å². The number of hydrogen-bond acceptors (Lipinski definition) is 3. The van der Waals surface area contributed by atoms with Crippen LogP contribution < -0.4 is 10.6 Å². The summed E-state index contributed by atoms with van der Waals surface area (Å²) in [5.74, 6) is 0.679. The Hall–Kier alpha value is -3.37. The fourth-order valence-electron chi connectivity index (χ4n) is 3.21. The van der Waals surface area contributed by atoms with Crippen molar-refractivity contribution in [2.45, 2.75) is 6.04 Å². The number of anilines is 1. The maximum absolute atomic E-state index is 12.6. The molecular formula is C23H20N2O2. The van der Waals surface area contributed by atoms with Gasteiger partial charge in [0.25, 0.3) is 0 Å². The second-order valence-electron chi connectivity index (χ2n) is 6.31. The average Bonchev–Trinajstić information content (AvgIpc) is 3.24. The van der Waals surface area contributed by atoms with Crippen molar-refractivity contribution >= 4 is 22.4 Å². The Morgan fingerprint density at radius 1 is 0.852 bits per heavy atom. The topological polar surface area (TPSA) is 54.3 Å². The molecule has 2 N–H and O–H groups in total. The van der Waals surface area contributed by atoms with Crippen LogP contribution in [0, 0.1) is 0 Å². The minimum Gasteiger partial charge on any atom is -0.467 e. The van der Waals surface area contributed by atoms with Crippen molar-refractivity contribution in [1.82, 2.24) is 5.32 Å². The van der Waals surface area contributed by atoms with Crippen LogP contribution in [0.15, 0.2) is 95.6 Å². The minimum atomic E-state index is -0.181. The summed E-state index contributed by atoms with van der Waals surface area (Å²) in [4.78, 5) is 12.6. The summed E-state index contributed by atoms with van der Waals surface area (Å²) in [6, 6.07) is 27.4. The van der Waals surface area contributed by atoms with E-state index in [1.165, 1.54) is 0 Å². The third-order valence-corrected chi connectivity index (χ3v) is 4.49. The fourth-order valence-corrected chi connectivity index (χ4v) is 3.21. The number of carbonyl (C=O) groups excluding carboxylic acids is 1. The highest BCUT2D eigenvalue weighted by Crippen LogP contribution is 2.24. The van der Waals surface area contributed by atoms with E-state index in [1.54, 1.807) is 6.26 Å². The molecule has 0 aliphatic heterocycles. The van der Waals surface area contributed by atoms with Crippen LogP contribution in [0.1, 0.15) is 17.4 Å². The van der Waals surface area contributed by atoms with Crippen LogP contribution in [0.4, 0.5) is 5.69 Å². The predicted molar refractivity (Wildman–Crippen MR) is 108 cm³/mol. The summed E-state index contributed by atoms with van der Waals surface area (Å²) in [7, 11) is 0. The molecule has 4 heteroatoms. The zero-order valence-corrected chi connectivity index (χ0v) is 14.8. The molecule has 0 saturated heterocycles. The number of carbonyl (C=O) groups is 1. The van der Waals surface area contributed by atoms with E-state index < -0.39 is 0 Å². The van der Waals surface area contributed by atoms with E-state index in [2.05, 4.69) is 10.6 Å². The highest BCUT2D eigenvalue weighted by atomic mass is 16.3.